The second kappa shape index (κ2) is 8.87. The van der Waals surface area contributed by atoms with Crippen LogP contribution in [-0.2, 0) is 24.9 Å². The molecule has 0 radical (unpaired) electrons. The summed E-state index contributed by atoms with van der Waals surface area (Å²) in [4.78, 5) is 12.9. The molecule has 0 N–H and O–H groups in total. The fourth-order valence-electron chi connectivity index (χ4n) is 2.66. The molecular weight excluding hydrogens is 365 g/mol. The third kappa shape index (κ3) is 5.55. The van der Waals surface area contributed by atoms with Gasteiger partial charge in [0.25, 0.3) is 0 Å². The summed E-state index contributed by atoms with van der Waals surface area (Å²) in [6, 6.07) is 13.6. The first kappa shape index (κ1) is 21.4. The molecule has 2 aromatic rings. The zero-order valence-corrected chi connectivity index (χ0v) is 17.5. The molecular formula is C20H28NO5P. The van der Waals surface area contributed by atoms with E-state index < -0.39 is 19.4 Å². The Bertz CT molecular complexity index is 815. The minimum absolute atomic E-state index is 0.0492. The van der Waals surface area contributed by atoms with Crippen LogP contribution in [-0.4, -0.2) is 29.6 Å². The second-order valence-electron chi connectivity index (χ2n) is 6.98. The van der Waals surface area contributed by atoms with E-state index in [2.05, 4.69) is 0 Å². The highest BCUT2D eigenvalue weighted by Crippen LogP contribution is 2.53. The van der Waals surface area contributed by atoms with E-state index in [-0.39, 0.29) is 19.8 Å². The van der Waals surface area contributed by atoms with E-state index in [0.717, 1.165) is 21.0 Å². The maximum Gasteiger partial charge on any atom is 0.440 e. The van der Waals surface area contributed by atoms with Gasteiger partial charge in [-0.1, -0.05) is 42.5 Å². The Morgan fingerprint density at radius 2 is 1.59 bits per heavy atom. The molecule has 0 bridgehead atoms. The maximum absolute atomic E-state index is 13.4. The van der Waals surface area contributed by atoms with E-state index in [1.807, 2.05) is 42.5 Å². The smallest absolute Gasteiger partial charge is 0.440 e. The molecule has 0 atom stereocenters. The van der Waals surface area contributed by atoms with Crippen LogP contribution >= 0.6 is 7.75 Å². The number of hydrogen-bond donors (Lipinski definition) is 0. The van der Waals surface area contributed by atoms with Crippen molar-refractivity contribution in [3.8, 4) is 0 Å². The van der Waals surface area contributed by atoms with Crippen LogP contribution in [0.1, 0.15) is 40.2 Å². The molecule has 0 fully saturated rings. The molecule has 0 saturated heterocycles. The summed E-state index contributed by atoms with van der Waals surface area (Å²) in [5, 5.41) is 2.00. The molecule has 6 nitrogen and oxygen atoms in total. The summed E-state index contributed by atoms with van der Waals surface area (Å²) in [6.45, 7) is 9.02. The summed E-state index contributed by atoms with van der Waals surface area (Å²) < 4.78 is 30.7. The Morgan fingerprint density at radius 1 is 1.00 bits per heavy atom. The second-order valence-corrected chi connectivity index (χ2v) is 8.92. The van der Waals surface area contributed by atoms with Gasteiger partial charge in [-0.3, -0.25) is 9.05 Å². The van der Waals surface area contributed by atoms with Crippen LogP contribution in [0.15, 0.2) is 42.5 Å². The highest BCUT2D eigenvalue weighted by molar-refractivity contribution is 7.52. The first-order valence-electron chi connectivity index (χ1n) is 9.07. The van der Waals surface area contributed by atoms with Gasteiger partial charge in [-0.2, -0.15) is 0 Å². The first-order chi connectivity index (χ1) is 12.7. The van der Waals surface area contributed by atoms with Crippen molar-refractivity contribution >= 4 is 24.6 Å². The van der Waals surface area contributed by atoms with Crippen molar-refractivity contribution in [3.05, 3.63) is 48.0 Å². The Kier molecular flexibility index (Phi) is 7.04. The Balaban J connectivity index is 2.48. The Hall–Kier alpha value is -1.88. The van der Waals surface area contributed by atoms with Gasteiger partial charge in [-0.15, -0.1) is 0 Å². The normalized spacial score (nSPS) is 12.2. The van der Waals surface area contributed by atoms with Crippen LogP contribution in [0.3, 0.4) is 0 Å². The highest BCUT2D eigenvalue weighted by atomic mass is 31.2. The third-order valence-electron chi connectivity index (χ3n) is 3.68. The molecule has 0 aliphatic rings. The number of carbonyl (C=O) groups is 1. The van der Waals surface area contributed by atoms with Gasteiger partial charge >= 0.3 is 13.8 Å². The van der Waals surface area contributed by atoms with Crippen molar-refractivity contribution in [2.75, 3.05) is 13.2 Å². The molecule has 0 unspecified atom stereocenters. The van der Waals surface area contributed by atoms with Crippen LogP contribution in [0, 0.1) is 0 Å². The SMILES string of the molecule is CCOP(=O)(OCC)N(Cc1cccc2ccccc12)C(=O)OC(C)(C)C. The predicted molar refractivity (Wildman–Crippen MR) is 107 cm³/mol. The zero-order valence-electron chi connectivity index (χ0n) is 16.6. The molecule has 7 heteroatoms. The van der Waals surface area contributed by atoms with Gasteiger partial charge in [-0.25, -0.2) is 14.0 Å². The monoisotopic (exact) mass is 393 g/mol. The molecule has 0 heterocycles. The quantitative estimate of drug-likeness (QED) is 0.560. The fraction of sp³-hybridized carbons (Fsp3) is 0.450. The van der Waals surface area contributed by atoms with Crippen molar-refractivity contribution in [2.45, 2.75) is 46.8 Å². The van der Waals surface area contributed by atoms with Crippen LogP contribution in [0.25, 0.3) is 10.8 Å². The summed E-state index contributed by atoms with van der Waals surface area (Å²) in [6.07, 6.45) is -0.735. The van der Waals surface area contributed by atoms with Crippen molar-refractivity contribution in [2.24, 2.45) is 0 Å². The van der Waals surface area contributed by atoms with E-state index in [1.54, 1.807) is 34.6 Å². The van der Waals surface area contributed by atoms with Crippen molar-refractivity contribution < 1.29 is 23.1 Å². The summed E-state index contributed by atoms with van der Waals surface area (Å²) in [5.74, 6) is 0. The molecule has 148 valence electrons. The molecule has 0 aliphatic carbocycles. The number of amides is 1. The van der Waals surface area contributed by atoms with Crippen LogP contribution in [0.4, 0.5) is 4.79 Å². The molecule has 0 aliphatic heterocycles. The lowest BCUT2D eigenvalue weighted by atomic mass is 10.0. The standard InChI is InChI=1S/C20H28NO5P/c1-6-24-27(23,25-7-2)21(19(22)26-20(3,4)5)15-17-13-10-12-16-11-8-9-14-18(16)17/h8-14H,6-7,15H2,1-5H3. The summed E-state index contributed by atoms with van der Waals surface area (Å²) in [5.41, 5.74) is 0.0933. The lowest BCUT2D eigenvalue weighted by molar-refractivity contribution is 0.0307. The molecule has 1 amide bonds. The lowest BCUT2D eigenvalue weighted by Gasteiger charge is -2.32. The van der Waals surface area contributed by atoms with Gasteiger partial charge in [0.1, 0.15) is 5.60 Å². The van der Waals surface area contributed by atoms with Gasteiger partial charge in [-0.05, 0) is 51.0 Å². The largest absolute Gasteiger partial charge is 0.443 e. The minimum atomic E-state index is -3.86. The number of benzene rings is 2. The average Bonchev–Trinajstić information content (AvgIpc) is 2.58. The lowest BCUT2D eigenvalue weighted by Crippen LogP contribution is -2.35. The van der Waals surface area contributed by atoms with Gasteiger partial charge in [0.15, 0.2) is 0 Å². The van der Waals surface area contributed by atoms with E-state index in [0.29, 0.717) is 0 Å². The van der Waals surface area contributed by atoms with Crippen LogP contribution in [0.5, 0.6) is 0 Å². The first-order valence-corrected chi connectivity index (χ1v) is 10.6. The molecule has 27 heavy (non-hydrogen) atoms. The zero-order chi connectivity index (χ0) is 20.1. The minimum Gasteiger partial charge on any atom is -0.443 e. The van der Waals surface area contributed by atoms with E-state index in [1.165, 1.54) is 0 Å². The van der Waals surface area contributed by atoms with Gasteiger partial charge in [0.05, 0.1) is 19.8 Å². The predicted octanol–water partition coefficient (Wildman–Crippen LogP) is 5.76. The number of nitrogens with zero attached hydrogens (tertiary/aromatic N) is 1. The van der Waals surface area contributed by atoms with Gasteiger partial charge in [0.2, 0.25) is 0 Å². The summed E-state index contributed by atoms with van der Waals surface area (Å²) in [7, 11) is -3.86. The van der Waals surface area contributed by atoms with Crippen molar-refractivity contribution in [1.29, 1.82) is 0 Å². The fourth-order valence-corrected chi connectivity index (χ4v) is 4.23. The summed E-state index contributed by atoms with van der Waals surface area (Å²) >= 11 is 0. The molecule has 0 saturated carbocycles. The van der Waals surface area contributed by atoms with E-state index in [9.17, 15) is 9.36 Å². The molecule has 0 aromatic heterocycles. The topological polar surface area (TPSA) is 65.1 Å². The van der Waals surface area contributed by atoms with Crippen molar-refractivity contribution in [1.82, 2.24) is 4.67 Å². The van der Waals surface area contributed by atoms with E-state index in [4.69, 9.17) is 13.8 Å². The van der Waals surface area contributed by atoms with Crippen molar-refractivity contribution in [3.63, 3.8) is 0 Å². The van der Waals surface area contributed by atoms with Gasteiger partial charge in [0, 0.05) is 0 Å². The van der Waals surface area contributed by atoms with Crippen LogP contribution in [0.2, 0.25) is 0 Å². The molecule has 2 rings (SSSR count). The number of rotatable bonds is 7. The Morgan fingerprint density at radius 3 is 2.19 bits per heavy atom. The Labute approximate surface area is 161 Å². The third-order valence-corrected chi connectivity index (χ3v) is 5.75. The number of hydrogen-bond acceptors (Lipinski definition) is 5. The maximum atomic E-state index is 13.4. The highest BCUT2D eigenvalue weighted by Gasteiger charge is 2.40. The number of ether oxygens (including phenoxy) is 1. The molecule has 2 aromatic carbocycles. The van der Waals surface area contributed by atoms with Gasteiger partial charge < -0.3 is 4.74 Å². The average molecular weight is 393 g/mol. The van der Waals surface area contributed by atoms with E-state index >= 15 is 0 Å². The molecule has 0 spiro atoms. The van der Waals surface area contributed by atoms with Crippen LogP contribution < -0.4 is 0 Å². The number of fused-ring (bicyclic) bond motifs is 1. The number of carbonyl (C=O) groups excluding carboxylic acids is 1.